The smallest absolute Gasteiger partial charge is 0.269 e. The van der Waals surface area contributed by atoms with Crippen molar-refractivity contribution in [2.45, 2.75) is 16.7 Å². The van der Waals surface area contributed by atoms with E-state index in [2.05, 4.69) is 10.0 Å². The lowest BCUT2D eigenvalue weighted by Gasteiger charge is -2.15. The van der Waals surface area contributed by atoms with Gasteiger partial charge in [0.25, 0.3) is 21.6 Å². The Kier molecular flexibility index (Phi) is 7.83. The molecule has 3 aromatic rings. The summed E-state index contributed by atoms with van der Waals surface area (Å²) in [4.78, 5) is 22.2. The zero-order valence-electron chi connectivity index (χ0n) is 18.5. The minimum Gasteiger partial charge on any atom is -0.482 e. The van der Waals surface area contributed by atoms with E-state index in [0.29, 0.717) is 11.3 Å². The molecule has 36 heavy (non-hydrogen) atoms. The highest BCUT2D eigenvalue weighted by molar-refractivity contribution is 7.92. The summed E-state index contributed by atoms with van der Waals surface area (Å²) >= 11 is 5.98. The number of carbonyl (C=O) groups is 1. The zero-order chi connectivity index (χ0) is 26.7. The van der Waals surface area contributed by atoms with Gasteiger partial charge in [0.1, 0.15) is 5.75 Å². The van der Waals surface area contributed by atoms with Gasteiger partial charge in [-0.15, -0.1) is 0 Å². The van der Waals surface area contributed by atoms with Crippen LogP contribution >= 0.6 is 11.6 Å². The number of amides is 1. The van der Waals surface area contributed by atoms with E-state index >= 15 is 0 Å². The van der Waals surface area contributed by atoms with Crippen LogP contribution in [0.1, 0.15) is 5.56 Å². The van der Waals surface area contributed by atoms with Crippen molar-refractivity contribution in [2.75, 3.05) is 16.6 Å². The summed E-state index contributed by atoms with van der Waals surface area (Å²) in [6.07, 6.45) is 0. The summed E-state index contributed by atoms with van der Waals surface area (Å²) in [6.45, 7) is 1.06. The van der Waals surface area contributed by atoms with E-state index in [9.17, 15) is 31.7 Å². The number of nitrogens with one attached hydrogen (secondary N) is 2. The average molecular weight is 555 g/mol. The maximum Gasteiger partial charge on any atom is 0.269 e. The number of non-ortho nitro benzene ring substituents is 1. The zero-order valence-corrected chi connectivity index (χ0v) is 20.9. The number of benzene rings is 3. The molecule has 0 radical (unpaired) electrons. The topological polar surface area (TPSA) is 188 Å². The maximum absolute atomic E-state index is 12.8. The second-order valence-electron chi connectivity index (χ2n) is 7.36. The predicted octanol–water partition coefficient (Wildman–Crippen LogP) is 3.02. The first-order chi connectivity index (χ1) is 16.8. The highest BCUT2D eigenvalue weighted by atomic mass is 35.5. The van der Waals surface area contributed by atoms with E-state index < -0.39 is 37.5 Å². The molecule has 15 heteroatoms. The molecule has 0 unspecified atom stereocenters. The van der Waals surface area contributed by atoms with Gasteiger partial charge in [-0.25, -0.2) is 22.0 Å². The van der Waals surface area contributed by atoms with Crippen LogP contribution in [0.15, 0.2) is 70.5 Å². The minimum absolute atomic E-state index is 0.0127. The van der Waals surface area contributed by atoms with Crippen molar-refractivity contribution in [2.24, 2.45) is 5.14 Å². The number of halogens is 1. The standard InChI is InChI=1S/C21H19ClN4O8S2/c1-13-10-17(35(23,30)31)7-8-18(13)24-21(27)12-34-20-9-2-14(22)11-19(20)25-36(32,33)16-5-3-15(4-6-16)26(28)29/h2-11,25H,12H2,1H3,(H,24,27)(H2,23,30,31). The molecule has 0 aliphatic heterocycles. The molecule has 1 amide bonds. The molecule has 0 saturated heterocycles. The van der Waals surface area contributed by atoms with E-state index in [4.69, 9.17) is 21.5 Å². The molecule has 0 spiro atoms. The summed E-state index contributed by atoms with van der Waals surface area (Å²) in [6, 6.07) is 12.2. The predicted molar refractivity (Wildman–Crippen MR) is 132 cm³/mol. The van der Waals surface area contributed by atoms with Crippen LogP contribution in [-0.4, -0.2) is 34.3 Å². The van der Waals surface area contributed by atoms with Gasteiger partial charge >= 0.3 is 0 Å². The van der Waals surface area contributed by atoms with Crippen LogP contribution in [0.5, 0.6) is 5.75 Å². The molecule has 12 nitrogen and oxygen atoms in total. The fourth-order valence-electron chi connectivity index (χ4n) is 2.94. The van der Waals surface area contributed by atoms with Gasteiger partial charge < -0.3 is 10.1 Å². The number of hydrogen-bond donors (Lipinski definition) is 3. The van der Waals surface area contributed by atoms with Gasteiger partial charge in [-0.2, -0.15) is 0 Å². The van der Waals surface area contributed by atoms with Gasteiger partial charge in [0.15, 0.2) is 6.61 Å². The average Bonchev–Trinajstić information content (AvgIpc) is 2.79. The van der Waals surface area contributed by atoms with E-state index in [1.165, 1.54) is 36.4 Å². The lowest BCUT2D eigenvalue weighted by atomic mass is 10.2. The normalized spacial score (nSPS) is 11.5. The monoisotopic (exact) mass is 554 g/mol. The van der Waals surface area contributed by atoms with Crippen molar-refractivity contribution in [1.82, 2.24) is 0 Å². The number of primary sulfonamides is 1. The van der Waals surface area contributed by atoms with Gasteiger partial charge in [-0.05, 0) is 61.0 Å². The second-order valence-corrected chi connectivity index (χ2v) is 11.0. The first-order valence-electron chi connectivity index (χ1n) is 9.89. The van der Waals surface area contributed by atoms with E-state index in [-0.39, 0.29) is 31.9 Å². The highest BCUT2D eigenvalue weighted by Crippen LogP contribution is 2.30. The Morgan fingerprint density at radius 1 is 1.00 bits per heavy atom. The summed E-state index contributed by atoms with van der Waals surface area (Å²) in [5.74, 6) is -0.623. The van der Waals surface area contributed by atoms with Crippen molar-refractivity contribution >= 4 is 54.6 Å². The summed E-state index contributed by atoms with van der Waals surface area (Å²) in [5.41, 5.74) is 0.424. The second kappa shape index (κ2) is 10.5. The van der Waals surface area contributed by atoms with Crippen LogP contribution < -0.4 is 19.9 Å². The van der Waals surface area contributed by atoms with Crippen LogP contribution in [-0.2, 0) is 24.8 Å². The van der Waals surface area contributed by atoms with Crippen LogP contribution in [0, 0.1) is 17.0 Å². The largest absolute Gasteiger partial charge is 0.482 e. The Labute approximate surface area is 211 Å². The third-order valence-electron chi connectivity index (χ3n) is 4.70. The molecule has 0 bridgehead atoms. The quantitative estimate of drug-likeness (QED) is 0.266. The Morgan fingerprint density at radius 3 is 2.22 bits per heavy atom. The summed E-state index contributed by atoms with van der Waals surface area (Å²) < 4.78 is 56.2. The molecule has 0 atom stereocenters. The lowest BCUT2D eigenvalue weighted by Crippen LogP contribution is -2.22. The van der Waals surface area contributed by atoms with E-state index in [1.807, 2.05) is 0 Å². The van der Waals surface area contributed by atoms with Crippen LogP contribution in [0.4, 0.5) is 17.1 Å². The number of nitrogens with zero attached hydrogens (tertiary/aromatic N) is 1. The number of nitro benzene ring substituents is 1. The van der Waals surface area contributed by atoms with Gasteiger partial charge in [0.2, 0.25) is 10.0 Å². The number of nitro groups is 1. The van der Waals surface area contributed by atoms with Crippen molar-refractivity contribution in [3.63, 3.8) is 0 Å². The molecule has 4 N–H and O–H groups in total. The first kappa shape index (κ1) is 26.9. The molecule has 0 aliphatic rings. The van der Waals surface area contributed by atoms with Gasteiger partial charge in [-0.1, -0.05) is 11.6 Å². The number of carbonyl (C=O) groups excluding carboxylic acids is 1. The van der Waals surface area contributed by atoms with Gasteiger partial charge in [-0.3, -0.25) is 19.6 Å². The number of hydrogen-bond acceptors (Lipinski definition) is 8. The molecule has 0 aliphatic carbocycles. The molecular weight excluding hydrogens is 536 g/mol. The third-order valence-corrected chi connectivity index (χ3v) is 7.23. The molecule has 3 aromatic carbocycles. The van der Waals surface area contributed by atoms with Crippen LogP contribution in [0.3, 0.4) is 0 Å². The molecule has 0 aromatic heterocycles. The van der Waals surface area contributed by atoms with Crippen molar-refractivity contribution in [3.8, 4) is 5.75 Å². The number of nitrogens with two attached hydrogens (primary N) is 1. The van der Waals surface area contributed by atoms with Crippen LogP contribution in [0.25, 0.3) is 0 Å². The first-order valence-corrected chi connectivity index (χ1v) is 13.3. The summed E-state index contributed by atoms with van der Waals surface area (Å²) in [7, 11) is -8.08. The van der Waals surface area contributed by atoms with Gasteiger partial charge in [0, 0.05) is 22.8 Å². The Hall–Kier alpha value is -3.72. The number of rotatable bonds is 9. The number of anilines is 2. The van der Waals surface area contributed by atoms with Crippen molar-refractivity contribution < 1.29 is 31.3 Å². The molecule has 0 saturated carbocycles. The fraction of sp³-hybridized carbons (Fsp3) is 0.0952. The fourth-order valence-corrected chi connectivity index (χ4v) is 4.77. The van der Waals surface area contributed by atoms with E-state index in [0.717, 1.165) is 24.3 Å². The molecule has 3 rings (SSSR count). The number of ether oxygens (including phenoxy) is 1. The Bertz CT molecular complexity index is 1540. The van der Waals surface area contributed by atoms with Crippen molar-refractivity contribution in [3.05, 3.63) is 81.4 Å². The minimum atomic E-state index is -4.18. The third kappa shape index (κ3) is 6.69. The Morgan fingerprint density at radius 2 is 1.64 bits per heavy atom. The Balaban J connectivity index is 1.74. The molecule has 190 valence electrons. The van der Waals surface area contributed by atoms with Crippen LogP contribution in [0.2, 0.25) is 5.02 Å². The highest BCUT2D eigenvalue weighted by Gasteiger charge is 2.19. The molecule has 0 fully saturated rings. The summed E-state index contributed by atoms with van der Waals surface area (Å²) in [5, 5.41) is 18.6. The maximum atomic E-state index is 12.8. The SMILES string of the molecule is Cc1cc(S(N)(=O)=O)ccc1NC(=O)COc1ccc(Cl)cc1NS(=O)(=O)c1ccc([N+](=O)[O-])cc1. The van der Waals surface area contributed by atoms with Crippen molar-refractivity contribution in [1.29, 1.82) is 0 Å². The molecule has 0 heterocycles. The number of sulfonamides is 2. The van der Waals surface area contributed by atoms with E-state index in [1.54, 1.807) is 6.92 Å². The lowest BCUT2D eigenvalue weighted by molar-refractivity contribution is -0.384. The number of aryl methyl sites for hydroxylation is 1. The molecular formula is C21H19ClN4O8S2. The van der Waals surface area contributed by atoms with Gasteiger partial charge in [0.05, 0.1) is 20.4 Å².